The van der Waals surface area contributed by atoms with Crippen LogP contribution in [0.1, 0.15) is 24.0 Å². The Morgan fingerprint density at radius 2 is 2.13 bits per heavy atom. The first-order chi connectivity index (χ1) is 11.0. The molecule has 1 aromatic carbocycles. The summed E-state index contributed by atoms with van der Waals surface area (Å²) in [6.45, 7) is 1.74. The molecule has 1 aliphatic heterocycles. The van der Waals surface area contributed by atoms with Crippen molar-refractivity contribution in [3.63, 3.8) is 0 Å². The Hall–Kier alpha value is -3.40. The number of pyridine rings is 1. The second-order valence-electron chi connectivity index (χ2n) is 5.23. The predicted octanol–water partition coefficient (Wildman–Crippen LogP) is 2.64. The van der Waals surface area contributed by atoms with Crippen molar-refractivity contribution in [3.8, 4) is 6.07 Å². The van der Waals surface area contributed by atoms with Crippen LogP contribution in [-0.4, -0.2) is 9.91 Å². The van der Waals surface area contributed by atoms with Gasteiger partial charge < -0.3 is 10.3 Å². The van der Waals surface area contributed by atoms with Crippen molar-refractivity contribution in [2.75, 3.05) is 5.32 Å². The van der Waals surface area contributed by atoms with Gasteiger partial charge in [0.15, 0.2) is 0 Å². The number of nitrogens with one attached hydrogen (secondary N) is 2. The number of H-pyrrole nitrogens is 1. The quantitative estimate of drug-likeness (QED) is 0.654. The summed E-state index contributed by atoms with van der Waals surface area (Å²) < 4.78 is 0. The van der Waals surface area contributed by atoms with Gasteiger partial charge in [0.2, 0.25) is 5.56 Å². The lowest BCUT2D eigenvalue weighted by Crippen LogP contribution is -2.20. The van der Waals surface area contributed by atoms with E-state index in [0.717, 1.165) is 0 Å². The molecule has 23 heavy (non-hydrogen) atoms. The van der Waals surface area contributed by atoms with Crippen LogP contribution in [0.2, 0.25) is 0 Å². The van der Waals surface area contributed by atoms with Crippen molar-refractivity contribution in [2.24, 2.45) is 0 Å². The Balaban J connectivity index is 2.24. The van der Waals surface area contributed by atoms with Gasteiger partial charge in [0, 0.05) is 47.3 Å². The lowest BCUT2D eigenvalue weighted by Gasteiger charge is -2.27. The molecule has 2 aromatic rings. The van der Waals surface area contributed by atoms with Crippen molar-refractivity contribution in [1.29, 1.82) is 5.26 Å². The first-order valence-corrected chi connectivity index (χ1v) is 6.86. The molecule has 0 amide bonds. The fourth-order valence-electron chi connectivity index (χ4n) is 2.78. The molecule has 3 rings (SSSR count). The third-order valence-electron chi connectivity index (χ3n) is 3.82. The van der Waals surface area contributed by atoms with Gasteiger partial charge in [0.25, 0.3) is 5.69 Å². The number of benzene rings is 1. The summed E-state index contributed by atoms with van der Waals surface area (Å²) in [6, 6.07) is 9.76. The van der Waals surface area contributed by atoms with E-state index in [4.69, 9.17) is 0 Å². The number of nitriles is 1. The van der Waals surface area contributed by atoms with Crippen molar-refractivity contribution in [1.82, 2.24) is 4.98 Å². The first kappa shape index (κ1) is 14.5. The number of nitro groups is 1. The van der Waals surface area contributed by atoms with Crippen LogP contribution in [0.5, 0.6) is 0 Å². The van der Waals surface area contributed by atoms with Crippen LogP contribution in [0, 0.1) is 21.4 Å². The van der Waals surface area contributed by atoms with E-state index in [-0.39, 0.29) is 11.2 Å². The van der Waals surface area contributed by atoms with E-state index in [0.29, 0.717) is 28.1 Å². The first-order valence-electron chi connectivity index (χ1n) is 6.86. The number of hydrogen-bond donors (Lipinski definition) is 2. The van der Waals surface area contributed by atoms with Crippen LogP contribution in [0.3, 0.4) is 0 Å². The Kier molecular flexibility index (Phi) is 3.43. The molecule has 1 aliphatic rings. The van der Waals surface area contributed by atoms with Crippen molar-refractivity contribution in [2.45, 2.75) is 12.8 Å². The summed E-state index contributed by atoms with van der Waals surface area (Å²) in [5, 5.41) is 23.6. The number of non-ortho nitro benzene ring substituents is 1. The number of aromatic nitrogens is 1. The van der Waals surface area contributed by atoms with Crippen molar-refractivity contribution < 1.29 is 4.92 Å². The number of fused-ring (bicyclic) bond motifs is 1. The van der Waals surface area contributed by atoms with Crippen LogP contribution >= 0.6 is 0 Å². The van der Waals surface area contributed by atoms with Gasteiger partial charge in [-0.05, 0) is 12.5 Å². The van der Waals surface area contributed by atoms with E-state index in [1.807, 2.05) is 0 Å². The second kappa shape index (κ2) is 5.42. The van der Waals surface area contributed by atoms with Gasteiger partial charge in [-0.3, -0.25) is 14.9 Å². The molecule has 0 aliphatic carbocycles. The van der Waals surface area contributed by atoms with Gasteiger partial charge in [-0.25, -0.2) is 0 Å². The summed E-state index contributed by atoms with van der Waals surface area (Å²) in [4.78, 5) is 24.7. The molecule has 2 N–H and O–H groups in total. The third-order valence-corrected chi connectivity index (χ3v) is 3.82. The van der Waals surface area contributed by atoms with Crippen molar-refractivity contribution in [3.05, 3.63) is 79.4 Å². The largest absolute Gasteiger partial charge is 0.358 e. The number of anilines is 1. The molecule has 0 fully saturated rings. The number of allylic oxidation sites excluding steroid dienone is 2. The second-order valence-corrected chi connectivity index (χ2v) is 5.23. The van der Waals surface area contributed by atoms with Crippen LogP contribution in [0.25, 0.3) is 0 Å². The smallest absolute Gasteiger partial charge is 0.269 e. The molecule has 2 heterocycles. The average molecular weight is 308 g/mol. The molecular formula is C16H12N4O3. The summed E-state index contributed by atoms with van der Waals surface area (Å²) in [5.41, 5.74) is 2.72. The zero-order valence-electron chi connectivity index (χ0n) is 12.2. The Morgan fingerprint density at radius 1 is 1.35 bits per heavy atom. The molecule has 0 radical (unpaired) electrons. The standard InChI is InChI=1S/C16H12N4O3/c1-9-12(7-17)16(10-3-2-4-11(5-10)20(22)23)13-8-18-15(21)6-14(13)19-9/h2-6,8,16,19H,1H3,(H,18,21). The SMILES string of the molecule is CC1=C(C#N)C(c2cccc([N+](=O)[O-])c2)c2c[nH]c(=O)cc2N1. The lowest BCUT2D eigenvalue weighted by atomic mass is 9.82. The predicted molar refractivity (Wildman–Crippen MR) is 83.9 cm³/mol. The molecule has 7 nitrogen and oxygen atoms in total. The van der Waals surface area contributed by atoms with Gasteiger partial charge in [-0.2, -0.15) is 5.26 Å². The highest BCUT2D eigenvalue weighted by Gasteiger charge is 2.29. The maximum atomic E-state index is 11.5. The average Bonchev–Trinajstić information content (AvgIpc) is 2.53. The molecular weight excluding hydrogens is 296 g/mol. The molecule has 1 atom stereocenters. The number of nitro benzene ring substituents is 1. The maximum absolute atomic E-state index is 11.5. The van der Waals surface area contributed by atoms with E-state index in [1.54, 1.807) is 19.1 Å². The minimum Gasteiger partial charge on any atom is -0.358 e. The lowest BCUT2D eigenvalue weighted by molar-refractivity contribution is -0.384. The normalized spacial score (nSPS) is 16.3. The van der Waals surface area contributed by atoms with E-state index in [1.165, 1.54) is 24.4 Å². The van der Waals surface area contributed by atoms with Crippen molar-refractivity contribution >= 4 is 11.4 Å². The van der Waals surface area contributed by atoms with E-state index in [2.05, 4.69) is 16.4 Å². The third kappa shape index (κ3) is 2.46. The molecule has 0 saturated heterocycles. The molecule has 0 saturated carbocycles. The Bertz CT molecular complexity index is 937. The van der Waals surface area contributed by atoms with Gasteiger partial charge in [0.05, 0.1) is 16.6 Å². The molecule has 1 unspecified atom stereocenters. The Morgan fingerprint density at radius 3 is 2.83 bits per heavy atom. The monoisotopic (exact) mass is 308 g/mol. The summed E-state index contributed by atoms with van der Waals surface area (Å²) in [6.07, 6.45) is 1.54. The minimum absolute atomic E-state index is 0.0399. The highest BCUT2D eigenvalue weighted by Crippen LogP contribution is 2.41. The Labute approximate surface area is 131 Å². The van der Waals surface area contributed by atoms with Gasteiger partial charge in [-0.1, -0.05) is 12.1 Å². The molecule has 0 spiro atoms. The molecule has 7 heteroatoms. The van der Waals surface area contributed by atoms with Crippen LogP contribution in [0.4, 0.5) is 11.4 Å². The summed E-state index contributed by atoms with van der Waals surface area (Å²) in [5.74, 6) is -0.465. The fraction of sp³-hybridized carbons (Fsp3) is 0.125. The highest BCUT2D eigenvalue weighted by atomic mass is 16.6. The fourth-order valence-corrected chi connectivity index (χ4v) is 2.78. The molecule has 1 aromatic heterocycles. The zero-order valence-corrected chi connectivity index (χ0v) is 12.2. The number of nitrogens with zero attached hydrogens (tertiary/aromatic N) is 2. The number of aromatic amines is 1. The summed E-state index contributed by atoms with van der Waals surface area (Å²) >= 11 is 0. The van der Waals surface area contributed by atoms with E-state index in [9.17, 15) is 20.2 Å². The highest BCUT2D eigenvalue weighted by molar-refractivity contribution is 5.67. The minimum atomic E-state index is -0.471. The van der Waals surface area contributed by atoms with E-state index < -0.39 is 10.8 Å². The van der Waals surface area contributed by atoms with Gasteiger partial charge in [-0.15, -0.1) is 0 Å². The number of hydrogen-bond acceptors (Lipinski definition) is 5. The topological polar surface area (TPSA) is 112 Å². The number of rotatable bonds is 2. The van der Waals surface area contributed by atoms with E-state index >= 15 is 0 Å². The van der Waals surface area contributed by atoms with Gasteiger partial charge in [0.1, 0.15) is 0 Å². The molecule has 114 valence electrons. The molecule has 0 bridgehead atoms. The zero-order chi connectivity index (χ0) is 16.6. The summed E-state index contributed by atoms with van der Waals surface area (Å²) in [7, 11) is 0. The van der Waals surface area contributed by atoms with Crippen LogP contribution in [-0.2, 0) is 0 Å². The maximum Gasteiger partial charge on any atom is 0.269 e. The van der Waals surface area contributed by atoms with Crippen LogP contribution < -0.4 is 10.9 Å². The van der Waals surface area contributed by atoms with Gasteiger partial charge >= 0.3 is 0 Å². The van der Waals surface area contributed by atoms with Crippen LogP contribution in [0.15, 0.2) is 52.6 Å².